The van der Waals surface area contributed by atoms with Gasteiger partial charge in [-0.3, -0.25) is 53.5 Å². The molecule has 7 amide bonds. The van der Waals surface area contributed by atoms with Crippen molar-refractivity contribution >= 4 is 47.3 Å². The van der Waals surface area contributed by atoms with Crippen molar-refractivity contribution in [1.82, 2.24) is 35.5 Å². The maximum absolute atomic E-state index is 14.6. The molecule has 2 N–H and O–H groups in total. The second-order valence-corrected chi connectivity index (χ2v) is 21.8. The minimum Gasteiger partial charge on any atom is -0.379 e. The second-order valence-electron chi connectivity index (χ2n) is 21.8. The highest BCUT2D eigenvalue weighted by Gasteiger charge is 2.45. The number of nitrogens with zero attached hydrogens (tertiary/aromatic N) is 5. The summed E-state index contributed by atoms with van der Waals surface area (Å²) in [5.74, 6) is -5.12. The van der Waals surface area contributed by atoms with E-state index in [1.165, 1.54) is 5.06 Å². The van der Waals surface area contributed by atoms with Crippen molar-refractivity contribution in [2.24, 2.45) is 23.7 Å². The Morgan fingerprint density at radius 3 is 1.92 bits per heavy atom. The van der Waals surface area contributed by atoms with E-state index in [0.717, 1.165) is 18.4 Å². The highest BCUT2D eigenvalue weighted by molar-refractivity contribution is 6.02. The van der Waals surface area contributed by atoms with E-state index in [0.29, 0.717) is 57.2 Å². The van der Waals surface area contributed by atoms with E-state index in [-0.39, 0.29) is 100 Å². The first-order valence-electron chi connectivity index (χ1n) is 28.4. The molecule has 10 atom stereocenters. The molecule has 3 aliphatic rings. The monoisotopic (exact) mass is 1120 g/mol. The summed E-state index contributed by atoms with van der Waals surface area (Å²) < 4.78 is 29.0. The fourth-order valence-corrected chi connectivity index (χ4v) is 11.0. The van der Waals surface area contributed by atoms with Crippen LogP contribution in [-0.2, 0) is 71.7 Å². The van der Waals surface area contributed by atoms with Crippen LogP contribution in [0.2, 0.25) is 0 Å². The summed E-state index contributed by atoms with van der Waals surface area (Å²) in [6.45, 7) is 18.5. The van der Waals surface area contributed by atoms with Crippen LogP contribution in [0.3, 0.4) is 0 Å². The molecule has 79 heavy (non-hydrogen) atoms. The molecule has 3 saturated heterocycles. The Morgan fingerprint density at radius 1 is 0.747 bits per heavy atom. The third kappa shape index (κ3) is 19.4. The van der Waals surface area contributed by atoms with Crippen molar-refractivity contribution in [3.63, 3.8) is 0 Å². The predicted octanol–water partition coefficient (Wildman–Crippen LogP) is 3.89. The van der Waals surface area contributed by atoms with Gasteiger partial charge in [0.2, 0.25) is 23.6 Å². The lowest BCUT2D eigenvalue weighted by Crippen LogP contribution is -2.60. The maximum atomic E-state index is 14.6. The Labute approximate surface area is 468 Å². The first-order chi connectivity index (χ1) is 37.7. The molecule has 4 rings (SSSR count). The molecule has 1 aromatic rings. The van der Waals surface area contributed by atoms with Gasteiger partial charge in [-0.2, -0.15) is 0 Å². The van der Waals surface area contributed by atoms with Gasteiger partial charge >= 0.3 is 5.97 Å². The van der Waals surface area contributed by atoms with Crippen LogP contribution in [0.1, 0.15) is 125 Å². The third-order valence-electron chi connectivity index (χ3n) is 15.5. The number of hydroxylamine groups is 4. The molecule has 0 radical (unpaired) electrons. The average molecular weight is 1120 g/mol. The number of carbonyl (C=O) groups is 8. The molecule has 3 aliphatic heterocycles. The van der Waals surface area contributed by atoms with E-state index < -0.39 is 77.9 Å². The topological polar surface area (TPSA) is 241 Å². The van der Waals surface area contributed by atoms with E-state index in [1.54, 1.807) is 33.1 Å². The minimum atomic E-state index is -0.906. The number of likely N-dealkylation sites (tertiary alicyclic amines) is 1. The Morgan fingerprint density at radius 2 is 1.35 bits per heavy atom. The third-order valence-corrected chi connectivity index (χ3v) is 15.5. The summed E-state index contributed by atoms with van der Waals surface area (Å²) in [6.07, 6.45) is 2.24. The van der Waals surface area contributed by atoms with Crippen LogP contribution in [0, 0.1) is 23.7 Å². The van der Waals surface area contributed by atoms with Crippen LogP contribution in [0.4, 0.5) is 0 Å². The highest BCUT2D eigenvalue weighted by atomic mass is 16.7. The van der Waals surface area contributed by atoms with Crippen molar-refractivity contribution in [1.29, 1.82) is 0 Å². The molecule has 0 bridgehead atoms. The first-order valence-corrected chi connectivity index (χ1v) is 28.4. The lowest BCUT2D eigenvalue weighted by Gasteiger charge is -2.43. The smallest absolute Gasteiger partial charge is 0.335 e. The van der Waals surface area contributed by atoms with E-state index >= 15 is 0 Å². The number of methoxy groups -OCH3 is 2. The zero-order valence-corrected chi connectivity index (χ0v) is 49.1. The Balaban J connectivity index is 1.32. The molecule has 3 heterocycles. The number of hydrogen-bond donors (Lipinski definition) is 2. The van der Waals surface area contributed by atoms with Gasteiger partial charge in [-0.25, -0.2) is 9.86 Å². The number of imide groups is 2. The van der Waals surface area contributed by atoms with Gasteiger partial charge in [-0.1, -0.05) is 92.1 Å². The van der Waals surface area contributed by atoms with Crippen molar-refractivity contribution in [3.05, 3.63) is 35.9 Å². The lowest BCUT2D eigenvalue weighted by molar-refractivity contribution is -0.200. The van der Waals surface area contributed by atoms with Gasteiger partial charge in [-0.05, 0) is 63.1 Å². The van der Waals surface area contributed by atoms with Crippen LogP contribution < -0.4 is 10.6 Å². The maximum Gasteiger partial charge on any atom is 0.335 e. The summed E-state index contributed by atoms with van der Waals surface area (Å²) in [4.78, 5) is 123. The van der Waals surface area contributed by atoms with Gasteiger partial charge < -0.3 is 38.7 Å². The normalized spacial score (nSPS) is 19.5. The molecule has 0 spiro atoms. The van der Waals surface area contributed by atoms with Crippen molar-refractivity contribution in [2.75, 3.05) is 94.2 Å². The van der Waals surface area contributed by atoms with Crippen molar-refractivity contribution < 1.29 is 71.7 Å². The van der Waals surface area contributed by atoms with Crippen molar-refractivity contribution in [3.8, 4) is 0 Å². The van der Waals surface area contributed by atoms with Gasteiger partial charge in [0.15, 0.2) is 0 Å². The number of hydrogen-bond acceptors (Lipinski definition) is 17. The number of ether oxygens (including phenoxy) is 5. The predicted molar refractivity (Wildman–Crippen MR) is 292 cm³/mol. The minimum absolute atomic E-state index is 0.00585. The van der Waals surface area contributed by atoms with Crippen LogP contribution in [0.25, 0.3) is 0 Å². The number of likely N-dealkylation sites (N-methyl/N-ethyl adjacent to an activating group) is 2. The molecular formula is C57H93N7O15. The number of nitrogens with one attached hydrogen (secondary N) is 2. The summed E-state index contributed by atoms with van der Waals surface area (Å²) in [5.41, 5.74) is 0.895. The van der Waals surface area contributed by atoms with Crippen LogP contribution in [0.15, 0.2) is 30.3 Å². The molecule has 446 valence electrons. The molecular weight excluding hydrogens is 1020 g/mol. The summed E-state index contributed by atoms with van der Waals surface area (Å²) in [7, 11) is 6.76. The van der Waals surface area contributed by atoms with Gasteiger partial charge in [0.05, 0.1) is 95.3 Å². The number of carbonyl (C=O) groups excluding carboxylic acids is 8. The van der Waals surface area contributed by atoms with Crippen LogP contribution in [0.5, 0.6) is 0 Å². The molecule has 0 aromatic heterocycles. The average Bonchev–Trinajstić information content (AvgIpc) is 4.06. The number of amides is 7. The Kier molecular flexibility index (Phi) is 28.4. The summed E-state index contributed by atoms with van der Waals surface area (Å²) in [5, 5.41) is 7.67. The molecule has 0 saturated carbocycles. The molecule has 3 fully saturated rings. The quantitative estimate of drug-likeness (QED) is 0.0735. The van der Waals surface area contributed by atoms with Gasteiger partial charge in [-0.15, -0.1) is 5.06 Å². The van der Waals surface area contributed by atoms with Crippen LogP contribution >= 0.6 is 0 Å². The molecule has 22 nitrogen and oxygen atoms in total. The largest absolute Gasteiger partial charge is 0.379 e. The van der Waals surface area contributed by atoms with Crippen LogP contribution in [-0.4, -0.2) is 209 Å². The van der Waals surface area contributed by atoms with Crippen molar-refractivity contribution in [2.45, 2.75) is 162 Å². The number of rotatable bonds is 34. The van der Waals surface area contributed by atoms with Gasteiger partial charge in [0, 0.05) is 58.7 Å². The first kappa shape index (κ1) is 66.6. The summed E-state index contributed by atoms with van der Waals surface area (Å²) >= 11 is 0. The SMILES string of the molecule is CC[C@H](C)[C@@H]([C@@H](CC(=O)N1CCC[C@H]1[C@H](OC)[C@@H](C)C(=O)N[C@H](C(=O)N1CCCCO1)[C@@H](C)c1ccccc1)OC)N(C)[C@H](C(=O)NC(=O)[C@H](C(C)C)N(C)CCOCCOCCOCCC(=O)ON1C(=O)CCC1=O)C(C)C. The van der Waals surface area contributed by atoms with E-state index in [9.17, 15) is 38.4 Å². The van der Waals surface area contributed by atoms with Gasteiger partial charge in [0.25, 0.3) is 17.7 Å². The molecule has 1 aromatic carbocycles. The zero-order valence-electron chi connectivity index (χ0n) is 49.1. The summed E-state index contributed by atoms with van der Waals surface area (Å²) in [6, 6.07) is 6.39. The molecule has 0 aliphatic carbocycles. The lowest BCUT2D eigenvalue weighted by atomic mass is 9.87. The van der Waals surface area contributed by atoms with E-state index in [2.05, 4.69) is 17.6 Å². The Hall–Kier alpha value is -4.94. The highest BCUT2D eigenvalue weighted by Crippen LogP contribution is 2.31. The van der Waals surface area contributed by atoms with Gasteiger partial charge in [0.1, 0.15) is 6.04 Å². The molecule has 22 heteroatoms. The fraction of sp³-hybridized carbons (Fsp3) is 0.754. The van der Waals surface area contributed by atoms with E-state index in [4.69, 9.17) is 33.4 Å². The molecule has 0 unspecified atom stereocenters. The zero-order chi connectivity index (χ0) is 58.3. The van der Waals surface area contributed by atoms with E-state index in [1.807, 2.05) is 88.7 Å². The Bertz CT molecular complexity index is 2100. The second kappa shape index (κ2) is 33.7. The fourth-order valence-electron chi connectivity index (χ4n) is 11.0. The number of benzene rings is 1. The standard InChI is InChI=1S/C57H93N7O15/c1-13-39(6)52(44(73-11)36-47(67)62-26-19-22-43(62)53(74-12)41(8)54(69)58-49(40(7)42-20-15-14-16-21-42)57(72)63-27-17-18-29-78-63)61(10)51(38(4)5)56(71)59-55(70)50(37(2)3)60(9)28-31-76-33-35-77-34-32-75-30-25-48(68)79-64-45(65)23-24-46(64)66/h14-16,20-21,37-41,43-44,49-53H,13,17-19,22-36H2,1-12H3,(H,58,69)(H,59,70,71)/t39-,40-,41+,43-,44+,49-,50-,51-,52-,53+/m0/s1.